The lowest BCUT2D eigenvalue weighted by Gasteiger charge is -2.47. The number of carboxylic acids is 1. The monoisotopic (exact) mass is 450 g/mol. The van der Waals surface area contributed by atoms with Crippen LogP contribution in [0.3, 0.4) is 0 Å². The molecular formula is C29H42N2O2. The van der Waals surface area contributed by atoms with Gasteiger partial charge in [-0.3, -0.25) is 0 Å². The van der Waals surface area contributed by atoms with E-state index in [0.717, 1.165) is 30.9 Å². The second kappa shape index (κ2) is 10.2. The second-order valence-electron chi connectivity index (χ2n) is 10.6. The highest BCUT2D eigenvalue weighted by Crippen LogP contribution is 2.42. The Kier molecular flexibility index (Phi) is 7.76. The number of hydrogen-bond donors (Lipinski definition) is 1. The summed E-state index contributed by atoms with van der Waals surface area (Å²) in [7, 11) is 0. The summed E-state index contributed by atoms with van der Waals surface area (Å²) in [4.78, 5) is 17.3. The number of hydrogen-bond acceptors (Lipinski definition) is 3. The first-order valence-corrected chi connectivity index (χ1v) is 12.6. The molecule has 1 fully saturated rings. The Bertz CT molecular complexity index is 854. The van der Waals surface area contributed by atoms with Gasteiger partial charge in [0, 0.05) is 24.5 Å². The number of aliphatic carboxylic acids is 1. The third-order valence-electron chi connectivity index (χ3n) is 6.87. The average Bonchev–Trinajstić information content (AvgIpc) is 2.77. The van der Waals surface area contributed by atoms with Crippen LogP contribution in [-0.4, -0.2) is 30.3 Å². The molecule has 1 N–H and O–H groups in total. The standard InChI is InChI=1S/C29H42N2O2/c1-18(2)22-12-9-13-23(19(3)4)26(22)30-16-11-17-31(28(30)29(32)33)27-24(20(5)6)14-10-15-25(27)21(7)8/h9-10,12-15,18-21,28H,11,16-17H2,1-8H3,(H,32,33). The average molecular weight is 451 g/mol. The summed E-state index contributed by atoms with van der Waals surface area (Å²) >= 11 is 0. The maximum absolute atomic E-state index is 13.0. The minimum atomic E-state index is -0.781. The number of rotatable bonds is 7. The number of anilines is 2. The molecule has 3 rings (SSSR count). The van der Waals surface area contributed by atoms with Crippen LogP contribution in [-0.2, 0) is 4.79 Å². The zero-order valence-electron chi connectivity index (χ0n) is 21.7. The van der Waals surface area contributed by atoms with Crippen LogP contribution in [0, 0.1) is 0 Å². The van der Waals surface area contributed by atoms with E-state index in [0.29, 0.717) is 23.7 Å². The van der Waals surface area contributed by atoms with Gasteiger partial charge >= 0.3 is 5.97 Å². The Balaban J connectivity index is 2.25. The minimum Gasteiger partial charge on any atom is -0.478 e. The van der Waals surface area contributed by atoms with E-state index in [2.05, 4.69) is 102 Å². The highest BCUT2D eigenvalue weighted by atomic mass is 16.4. The Morgan fingerprint density at radius 1 is 0.697 bits per heavy atom. The molecule has 0 radical (unpaired) electrons. The van der Waals surface area contributed by atoms with E-state index in [9.17, 15) is 9.90 Å². The molecule has 0 atom stereocenters. The van der Waals surface area contributed by atoms with Crippen LogP contribution in [0.25, 0.3) is 0 Å². The fourth-order valence-corrected chi connectivity index (χ4v) is 5.25. The highest BCUT2D eigenvalue weighted by Gasteiger charge is 2.39. The first-order valence-electron chi connectivity index (χ1n) is 12.6. The van der Waals surface area contributed by atoms with Crippen LogP contribution in [0.4, 0.5) is 11.4 Å². The summed E-state index contributed by atoms with van der Waals surface area (Å²) in [6.45, 7) is 19.1. The molecule has 0 saturated carbocycles. The molecule has 0 aliphatic carbocycles. The second-order valence-corrected chi connectivity index (χ2v) is 10.6. The Hall–Kier alpha value is -2.49. The maximum Gasteiger partial charge on any atom is 0.347 e. The molecule has 4 heteroatoms. The predicted molar refractivity (Wildman–Crippen MR) is 140 cm³/mol. The summed E-state index contributed by atoms with van der Waals surface area (Å²) in [5.41, 5.74) is 7.16. The van der Waals surface area contributed by atoms with Crippen molar-refractivity contribution in [3.63, 3.8) is 0 Å². The van der Waals surface area contributed by atoms with Gasteiger partial charge in [-0.05, 0) is 52.3 Å². The number of benzene rings is 2. The molecule has 1 aliphatic rings. The van der Waals surface area contributed by atoms with Gasteiger partial charge in [-0.25, -0.2) is 4.79 Å². The third-order valence-corrected chi connectivity index (χ3v) is 6.87. The van der Waals surface area contributed by atoms with Crippen molar-refractivity contribution in [1.29, 1.82) is 0 Å². The zero-order chi connectivity index (χ0) is 24.4. The van der Waals surface area contributed by atoms with Crippen LogP contribution in [0.5, 0.6) is 0 Å². The Morgan fingerprint density at radius 3 is 1.24 bits per heavy atom. The topological polar surface area (TPSA) is 43.8 Å². The molecule has 1 heterocycles. The summed E-state index contributed by atoms with van der Waals surface area (Å²) in [5.74, 6) is 0.488. The van der Waals surface area contributed by atoms with Crippen molar-refractivity contribution >= 4 is 17.3 Å². The highest BCUT2D eigenvalue weighted by molar-refractivity contribution is 5.85. The van der Waals surface area contributed by atoms with E-state index in [-0.39, 0.29) is 0 Å². The molecule has 2 aromatic rings. The number of nitrogens with zero attached hydrogens (tertiary/aromatic N) is 2. The number of carboxylic acid groups (broad SMARTS) is 1. The van der Waals surface area contributed by atoms with Crippen LogP contribution < -0.4 is 9.80 Å². The van der Waals surface area contributed by atoms with Crippen molar-refractivity contribution in [2.75, 3.05) is 22.9 Å². The molecule has 1 saturated heterocycles. The van der Waals surface area contributed by atoms with Gasteiger partial charge in [0.15, 0.2) is 0 Å². The lowest BCUT2D eigenvalue weighted by Crippen LogP contribution is -2.59. The van der Waals surface area contributed by atoms with Crippen molar-refractivity contribution in [1.82, 2.24) is 0 Å². The van der Waals surface area contributed by atoms with Crippen molar-refractivity contribution in [2.45, 2.75) is 91.6 Å². The largest absolute Gasteiger partial charge is 0.478 e. The lowest BCUT2D eigenvalue weighted by molar-refractivity contribution is -0.138. The quantitative estimate of drug-likeness (QED) is 0.480. The van der Waals surface area contributed by atoms with Crippen molar-refractivity contribution < 1.29 is 9.90 Å². The normalized spacial score (nSPS) is 15.4. The van der Waals surface area contributed by atoms with E-state index < -0.39 is 12.1 Å². The molecule has 0 aromatic heterocycles. The van der Waals surface area contributed by atoms with Gasteiger partial charge in [-0.2, -0.15) is 0 Å². The lowest BCUT2D eigenvalue weighted by atomic mass is 9.89. The van der Waals surface area contributed by atoms with Crippen molar-refractivity contribution in [3.05, 3.63) is 58.7 Å². The van der Waals surface area contributed by atoms with Gasteiger partial charge in [-0.1, -0.05) is 91.8 Å². The molecule has 0 spiro atoms. The Labute approximate surface area is 200 Å². The van der Waals surface area contributed by atoms with Crippen molar-refractivity contribution in [3.8, 4) is 0 Å². The minimum absolute atomic E-state index is 0.317. The molecule has 0 unspecified atom stereocenters. The van der Waals surface area contributed by atoms with Crippen LogP contribution in [0.2, 0.25) is 0 Å². The summed E-state index contributed by atoms with van der Waals surface area (Å²) in [5, 5.41) is 10.6. The molecule has 33 heavy (non-hydrogen) atoms. The molecule has 4 nitrogen and oxygen atoms in total. The van der Waals surface area contributed by atoms with Gasteiger partial charge in [0.1, 0.15) is 0 Å². The van der Waals surface area contributed by atoms with Gasteiger partial charge in [0.2, 0.25) is 6.17 Å². The van der Waals surface area contributed by atoms with Crippen LogP contribution >= 0.6 is 0 Å². The van der Waals surface area contributed by atoms with Crippen LogP contribution in [0.15, 0.2) is 36.4 Å². The van der Waals surface area contributed by atoms with Crippen LogP contribution in [0.1, 0.15) is 108 Å². The molecule has 0 amide bonds. The third kappa shape index (κ3) is 4.90. The maximum atomic E-state index is 13.0. The first kappa shape index (κ1) is 25.1. The van der Waals surface area contributed by atoms with E-state index in [4.69, 9.17) is 0 Å². The van der Waals surface area contributed by atoms with E-state index >= 15 is 0 Å². The number of para-hydroxylation sites is 2. The van der Waals surface area contributed by atoms with E-state index in [1.807, 2.05) is 0 Å². The summed E-state index contributed by atoms with van der Waals surface area (Å²) in [6.07, 6.45) is 0.200. The van der Waals surface area contributed by atoms with Gasteiger partial charge in [-0.15, -0.1) is 0 Å². The molecular weight excluding hydrogens is 408 g/mol. The molecule has 0 bridgehead atoms. The number of carbonyl (C=O) groups is 1. The summed E-state index contributed by atoms with van der Waals surface area (Å²) < 4.78 is 0. The fourth-order valence-electron chi connectivity index (χ4n) is 5.25. The predicted octanol–water partition coefficient (Wildman–Crippen LogP) is 7.31. The van der Waals surface area contributed by atoms with Gasteiger partial charge in [0.05, 0.1) is 0 Å². The molecule has 1 aliphatic heterocycles. The summed E-state index contributed by atoms with van der Waals surface area (Å²) in [6, 6.07) is 12.9. The first-order chi connectivity index (χ1) is 15.6. The van der Waals surface area contributed by atoms with E-state index in [1.54, 1.807) is 0 Å². The molecule has 2 aromatic carbocycles. The van der Waals surface area contributed by atoms with Gasteiger partial charge < -0.3 is 14.9 Å². The Morgan fingerprint density at radius 2 is 1.00 bits per heavy atom. The fraction of sp³-hybridized carbons (Fsp3) is 0.552. The van der Waals surface area contributed by atoms with Crippen molar-refractivity contribution in [2.24, 2.45) is 0 Å². The smallest absolute Gasteiger partial charge is 0.347 e. The SMILES string of the molecule is CC(C)c1cccc(C(C)C)c1N1CCCN(c2c(C(C)C)cccc2C(C)C)C1C(=O)O. The zero-order valence-corrected chi connectivity index (χ0v) is 21.7. The molecule has 180 valence electrons. The van der Waals surface area contributed by atoms with Gasteiger partial charge in [0.25, 0.3) is 0 Å². The van der Waals surface area contributed by atoms with E-state index in [1.165, 1.54) is 22.3 Å².